The highest BCUT2D eigenvalue weighted by atomic mass is 16.2. The van der Waals surface area contributed by atoms with Crippen LogP contribution in [0, 0.1) is 0 Å². The van der Waals surface area contributed by atoms with Crippen molar-refractivity contribution in [1.29, 1.82) is 0 Å². The number of rotatable bonds is 5. The first-order chi connectivity index (χ1) is 11.7. The molecule has 1 N–H and O–H groups in total. The Labute approximate surface area is 143 Å². The van der Waals surface area contributed by atoms with Gasteiger partial charge >= 0.3 is 0 Å². The molecular formula is C18H28N4O2. The molecular weight excluding hydrogens is 304 g/mol. The van der Waals surface area contributed by atoms with Gasteiger partial charge in [-0.15, -0.1) is 0 Å². The van der Waals surface area contributed by atoms with Crippen molar-refractivity contribution in [1.82, 2.24) is 19.8 Å². The lowest BCUT2D eigenvalue weighted by Crippen LogP contribution is -2.40. The van der Waals surface area contributed by atoms with Crippen molar-refractivity contribution in [3.05, 3.63) is 28.4 Å². The van der Waals surface area contributed by atoms with Crippen molar-refractivity contribution in [3.63, 3.8) is 0 Å². The lowest BCUT2D eigenvalue weighted by atomic mass is 9.94. The number of amides is 1. The van der Waals surface area contributed by atoms with E-state index in [-0.39, 0.29) is 17.4 Å². The molecule has 0 spiro atoms. The van der Waals surface area contributed by atoms with E-state index < -0.39 is 0 Å². The molecule has 6 nitrogen and oxygen atoms in total. The molecule has 0 bridgehead atoms. The van der Waals surface area contributed by atoms with Crippen LogP contribution in [0.1, 0.15) is 56.6 Å². The van der Waals surface area contributed by atoms with E-state index >= 15 is 0 Å². The Hall–Kier alpha value is -1.69. The zero-order valence-corrected chi connectivity index (χ0v) is 14.4. The Balaban J connectivity index is 1.47. The molecule has 3 rings (SSSR count). The molecule has 0 unspecified atom stereocenters. The summed E-state index contributed by atoms with van der Waals surface area (Å²) in [5, 5.41) is 0. The van der Waals surface area contributed by atoms with Crippen LogP contribution in [0.15, 0.2) is 17.2 Å². The summed E-state index contributed by atoms with van der Waals surface area (Å²) >= 11 is 0. The molecule has 2 aliphatic heterocycles. The number of nitrogens with one attached hydrogen (secondary N) is 1. The molecule has 132 valence electrons. The molecule has 1 aromatic heterocycles. The second-order valence-electron chi connectivity index (χ2n) is 7.02. The fourth-order valence-corrected chi connectivity index (χ4v) is 3.85. The Bertz CT molecular complexity index is 595. The van der Waals surface area contributed by atoms with Gasteiger partial charge in [-0.25, -0.2) is 4.98 Å². The summed E-state index contributed by atoms with van der Waals surface area (Å²) in [5.41, 5.74) is 0.689. The number of aromatic nitrogens is 2. The van der Waals surface area contributed by atoms with Gasteiger partial charge in [0, 0.05) is 31.5 Å². The number of hydrogen-bond acceptors (Lipinski definition) is 4. The summed E-state index contributed by atoms with van der Waals surface area (Å²) in [4.78, 5) is 35.2. The lowest BCUT2D eigenvalue weighted by molar-refractivity contribution is -0.132. The highest BCUT2D eigenvalue weighted by Crippen LogP contribution is 2.25. The monoisotopic (exact) mass is 332 g/mol. The van der Waals surface area contributed by atoms with E-state index in [1.807, 2.05) is 4.90 Å². The summed E-state index contributed by atoms with van der Waals surface area (Å²) in [5.74, 6) is 0.439. The maximum absolute atomic E-state index is 12.5. The number of aromatic amines is 1. The van der Waals surface area contributed by atoms with E-state index in [0.717, 1.165) is 38.0 Å². The van der Waals surface area contributed by atoms with E-state index in [2.05, 4.69) is 14.9 Å². The van der Waals surface area contributed by atoms with Gasteiger partial charge in [-0.3, -0.25) is 9.59 Å². The van der Waals surface area contributed by atoms with Crippen LogP contribution in [0.3, 0.4) is 0 Å². The topological polar surface area (TPSA) is 69.3 Å². The smallest absolute Gasteiger partial charge is 0.250 e. The minimum atomic E-state index is -0.120. The number of hydrogen-bond donors (Lipinski definition) is 1. The van der Waals surface area contributed by atoms with Gasteiger partial charge in [-0.1, -0.05) is 6.42 Å². The standard InChI is InChI=1S/C18H28N4O2/c23-17-12-16(19-14-20-17)15-6-4-11-22(13-15)18(24)7-5-10-21-8-2-1-3-9-21/h12,14-15H,1-11,13H2,(H,19,20,23)/t15-/m1/s1. The third-order valence-corrected chi connectivity index (χ3v) is 5.21. The van der Waals surface area contributed by atoms with Crippen molar-refractivity contribution >= 4 is 5.91 Å². The van der Waals surface area contributed by atoms with Gasteiger partial charge in [-0.05, 0) is 51.7 Å². The van der Waals surface area contributed by atoms with E-state index in [1.54, 1.807) is 6.07 Å². The molecule has 1 amide bonds. The van der Waals surface area contributed by atoms with Crippen LogP contribution in [0.2, 0.25) is 0 Å². The van der Waals surface area contributed by atoms with Crippen molar-refractivity contribution in [3.8, 4) is 0 Å². The second kappa shape index (κ2) is 8.42. The first-order valence-electron chi connectivity index (χ1n) is 9.27. The van der Waals surface area contributed by atoms with E-state index in [0.29, 0.717) is 13.0 Å². The molecule has 1 aromatic rings. The predicted octanol–water partition coefficient (Wildman–Crippen LogP) is 1.74. The Morgan fingerprint density at radius 3 is 2.83 bits per heavy atom. The van der Waals surface area contributed by atoms with Crippen LogP contribution in [0.4, 0.5) is 0 Å². The zero-order chi connectivity index (χ0) is 16.8. The Kier molecular flexibility index (Phi) is 6.01. The number of H-pyrrole nitrogens is 1. The molecule has 6 heteroatoms. The van der Waals surface area contributed by atoms with Crippen LogP contribution >= 0.6 is 0 Å². The third kappa shape index (κ3) is 4.66. The minimum absolute atomic E-state index is 0.120. The molecule has 1 atom stereocenters. The summed E-state index contributed by atoms with van der Waals surface area (Å²) in [6.45, 7) is 4.95. The second-order valence-corrected chi connectivity index (χ2v) is 7.02. The molecule has 2 fully saturated rings. The molecule has 24 heavy (non-hydrogen) atoms. The number of carbonyl (C=O) groups excluding carboxylic acids is 1. The van der Waals surface area contributed by atoms with Gasteiger partial charge in [0.25, 0.3) is 5.56 Å². The van der Waals surface area contributed by atoms with Crippen LogP contribution in [0.5, 0.6) is 0 Å². The first-order valence-corrected chi connectivity index (χ1v) is 9.27. The summed E-state index contributed by atoms with van der Waals surface area (Å²) in [6.07, 6.45) is 8.95. The van der Waals surface area contributed by atoms with Gasteiger partial charge in [0.15, 0.2) is 0 Å². The van der Waals surface area contributed by atoms with Gasteiger partial charge in [0.05, 0.1) is 12.0 Å². The number of piperidine rings is 2. The quantitative estimate of drug-likeness (QED) is 0.892. The van der Waals surface area contributed by atoms with Gasteiger partial charge in [0.2, 0.25) is 5.91 Å². The highest BCUT2D eigenvalue weighted by molar-refractivity contribution is 5.76. The first kappa shape index (κ1) is 17.1. The van der Waals surface area contributed by atoms with Crippen molar-refractivity contribution < 1.29 is 4.79 Å². The maximum atomic E-state index is 12.5. The van der Waals surface area contributed by atoms with E-state index in [1.165, 1.54) is 38.7 Å². The Morgan fingerprint density at radius 1 is 1.21 bits per heavy atom. The largest absolute Gasteiger partial charge is 0.342 e. The number of likely N-dealkylation sites (tertiary alicyclic amines) is 2. The van der Waals surface area contributed by atoms with Gasteiger partial charge in [-0.2, -0.15) is 0 Å². The minimum Gasteiger partial charge on any atom is -0.342 e. The fourth-order valence-electron chi connectivity index (χ4n) is 3.85. The fraction of sp³-hybridized carbons (Fsp3) is 0.722. The zero-order valence-electron chi connectivity index (χ0n) is 14.4. The Morgan fingerprint density at radius 2 is 2.04 bits per heavy atom. The van der Waals surface area contributed by atoms with Crippen LogP contribution in [0.25, 0.3) is 0 Å². The van der Waals surface area contributed by atoms with Crippen LogP contribution < -0.4 is 5.56 Å². The SMILES string of the molecule is O=C(CCCN1CCCCC1)N1CCC[C@@H](c2cc(=O)[nH]cn2)C1. The van der Waals surface area contributed by atoms with E-state index in [9.17, 15) is 9.59 Å². The molecule has 0 saturated carbocycles. The van der Waals surface area contributed by atoms with E-state index in [4.69, 9.17) is 0 Å². The number of nitrogens with zero attached hydrogens (tertiary/aromatic N) is 3. The van der Waals surface area contributed by atoms with Crippen molar-refractivity contribution in [2.75, 3.05) is 32.7 Å². The highest BCUT2D eigenvalue weighted by Gasteiger charge is 2.25. The summed E-state index contributed by atoms with van der Waals surface area (Å²) in [7, 11) is 0. The number of carbonyl (C=O) groups is 1. The average molecular weight is 332 g/mol. The summed E-state index contributed by atoms with van der Waals surface area (Å²) in [6, 6.07) is 1.56. The molecule has 0 aliphatic carbocycles. The van der Waals surface area contributed by atoms with Gasteiger partial charge in [0.1, 0.15) is 0 Å². The molecule has 2 aliphatic rings. The molecule has 2 saturated heterocycles. The predicted molar refractivity (Wildman–Crippen MR) is 92.9 cm³/mol. The van der Waals surface area contributed by atoms with Crippen molar-refractivity contribution in [2.45, 2.75) is 50.9 Å². The normalized spacial score (nSPS) is 22.5. The van der Waals surface area contributed by atoms with Gasteiger partial charge < -0.3 is 14.8 Å². The lowest BCUT2D eigenvalue weighted by Gasteiger charge is -2.33. The molecule has 0 radical (unpaired) electrons. The molecule has 3 heterocycles. The maximum Gasteiger partial charge on any atom is 0.250 e. The summed E-state index contributed by atoms with van der Waals surface area (Å²) < 4.78 is 0. The van der Waals surface area contributed by atoms with Crippen LogP contribution in [-0.2, 0) is 4.79 Å². The third-order valence-electron chi connectivity index (χ3n) is 5.21. The van der Waals surface area contributed by atoms with Crippen molar-refractivity contribution in [2.24, 2.45) is 0 Å². The van der Waals surface area contributed by atoms with Crippen LogP contribution in [-0.4, -0.2) is 58.4 Å². The average Bonchev–Trinajstić information content (AvgIpc) is 2.63. The molecule has 0 aromatic carbocycles.